The topological polar surface area (TPSA) is 80.0 Å². The third-order valence-corrected chi connectivity index (χ3v) is 4.26. The number of nitrogens with zero attached hydrogens (tertiary/aromatic N) is 2. The SMILES string of the molecule is COc1ccc(NC(N)=NCC(=O)N(C)C2CCCCC2)cc1. The molecule has 0 aliphatic heterocycles. The summed E-state index contributed by atoms with van der Waals surface area (Å²) in [5, 5.41) is 2.97. The summed E-state index contributed by atoms with van der Waals surface area (Å²) in [6.07, 6.45) is 5.85. The van der Waals surface area contributed by atoms with Crippen LogP contribution in [0.5, 0.6) is 5.75 Å². The van der Waals surface area contributed by atoms with Crippen molar-refractivity contribution in [2.75, 3.05) is 26.0 Å². The van der Waals surface area contributed by atoms with Gasteiger partial charge in [0, 0.05) is 18.8 Å². The number of nitrogens with two attached hydrogens (primary N) is 1. The van der Waals surface area contributed by atoms with E-state index in [4.69, 9.17) is 10.5 Å². The van der Waals surface area contributed by atoms with Crippen molar-refractivity contribution in [1.82, 2.24) is 4.90 Å². The molecule has 1 fully saturated rings. The van der Waals surface area contributed by atoms with Crippen molar-refractivity contribution in [3.8, 4) is 5.75 Å². The number of guanidine groups is 1. The second kappa shape index (κ2) is 8.41. The molecule has 0 aromatic heterocycles. The Morgan fingerprint density at radius 1 is 1.30 bits per heavy atom. The monoisotopic (exact) mass is 318 g/mol. The van der Waals surface area contributed by atoms with E-state index in [1.54, 1.807) is 7.11 Å². The minimum absolute atomic E-state index is 0.0105. The van der Waals surface area contributed by atoms with Crippen LogP contribution in [0.2, 0.25) is 0 Å². The molecule has 0 bridgehead atoms. The van der Waals surface area contributed by atoms with Gasteiger partial charge in [-0.3, -0.25) is 4.79 Å². The molecule has 0 heterocycles. The maximum Gasteiger partial charge on any atom is 0.244 e. The standard InChI is InChI=1S/C17H26N4O2/c1-21(14-6-4-3-5-7-14)16(22)12-19-17(18)20-13-8-10-15(23-2)11-9-13/h8-11,14H,3-7,12H2,1-2H3,(H3,18,19,20). The maximum atomic E-state index is 12.2. The predicted octanol–water partition coefficient (Wildman–Crippen LogP) is 2.21. The first kappa shape index (κ1) is 17.1. The molecule has 126 valence electrons. The van der Waals surface area contributed by atoms with E-state index in [0.29, 0.717) is 6.04 Å². The number of likely N-dealkylation sites (N-methyl/N-ethyl adjacent to an activating group) is 1. The number of hydrogen-bond donors (Lipinski definition) is 2. The van der Waals surface area contributed by atoms with E-state index in [-0.39, 0.29) is 18.4 Å². The first-order valence-electron chi connectivity index (χ1n) is 8.07. The fraction of sp³-hybridized carbons (Fsp3) is 0.529. The lowest BCUT2D eigenvalue weighted by Gasteiger charge is -2.30. The number of ether oxygens (including phenoxy) is 1. The number of methoxy groups -OCH3 is 1. The predicted molar refractivity (Wildman–Crippen MR) is 92.7 cm³/mol. The average molecular weight is 318 g/mol. The van der Waals surface area contributed by atoms with Gasteiger partial charge in [0.15, 0.2) is 5.96 Å². The van der Waals surface area contributed by atoms with Gasteiger partial charge in [0.25, 0.3) is 0 Å². The molecule has 1 saturated carbocycles. The molecule has 1 aliphatic rings. The van der Waals surface area contributed by atoms with Crippen LogP contribution in [0, 0.1) is 0 Å². The molecule has 1 aromatic carbocycles. The summed E-state index contributed by atoms with van der Waals surface area (Å²) in [6, 6.07) is 7.70. The number of amides is 1. The lowest BCUT2D eigenvalue weighted by Crippen LogP contribution is -2.40. The Morgan fingerprint density at radius 3 is 2.57 bits per heavy atom. The molecule has 1 aromatic rings. The third-order valence-electron chi connectivity index (χ3n) is 4.26. The fourth-order valence-corrected chi connectivity index (χ4v) is 2.80. The Bertz CT molecular complexity index is 536. The first-order valence-corrected chi connectivity index (χ1v) is 8.07. The van der Waals surface area contributed by atoms with Gasteiger partial charge in [-0.05, 0) is 37.1 Å². The van der Waals surface area contributed by atoms with Gasteiger partial charge >= 0.3 is 0 Å². The van der Waals surface area contributed by atoms with Gasteiger partial charge in [-0.1, -0.05) is 19.3 Å². The molecule has 2 rings (SSSR count). The van der Waals surface area contributed by atoms with Crippen molar-refractivity contribution in [3.63, 3.8) is 0 Å². The quantitative estimate of drug-likeness (QED) is 0.644. The van der Waals surface area contributed by atoms with Gasteiger partial charge in [0.1, 0.15) is 12.3 Å². The molecule has 0 spiro atoms. The number of benzene rings is 1. The second-order valence-corrected chi connectivity index (χ2v) is 5.85. The zero-order chi connectivity index (χ0) is 16.7. The van der Waals surface area contributed by atoms with Crippen LogP contribution in [-0.4, -0.2) is 43.5 Å². The molecule has 6 nitrogen and oxygen atoms in total. The van der Waals surface area contributed by atoms with Crippen LogP contribution in [0.4, 0.5) is 5.69 Å². The fourth-order valence-electron chi connectivity index (χ4n) is 2.80. The Labute approximate surface area is 137 Å². The van der Waals surface area contributed by atoms with Crippen LogP contribution < -0.4 is 15.8 Å². The van der Waals surface area contributed by atoms with Gasteiger partial charge in [0.2, 0.25) is 5.91 Å². The van der Waals surface area contributed by atoms with E-state index < -0.39 is 0 Å². The highest BCUT2D eigenvalue weighted by Crippen LogP contribution is 2.21. The zero-order valence-corrected chi connectivity index (χ0v) is 13.9. The van der Waals surface area contributed by atoms with Crippen LogP contribution in [0.3, 0.4) is 0 Å². The van der Waals surface area contributed by atoms with Crippen LogP contribution in [0.1, 0.15) is 32.1 Å². The van der Waals surface area contributed by atoms with E-state index in [1.165, 1.54) is 19.3 Å². The molecule has 0 radical (unpaired) electrons. The van der Waals surface area contributed by atoms with E-state index >= 15 is 0 Å². The molecule has 0 atom stereocenters. The summed E-state index contributed by atoms with van der Waals surface area (Å²) in [5.41, 5.74) is 6.65. The second-order valence-electron chi connectivity index (χ2n) is 5.85. The smallest absolute Gasteiger partial charge is 0.244 e. The third kappa shape index (κ3) is 5.16. The lowest BCUT2D eigenvalue weighted by atomic mass is 9.94. The highest BCUT2D eigenvalue weighted by atomic mass is 16.5. The van der Waals surface area contributed by atoms with E-state index in [1.807, 2.05) is 36.2 Å². The summed E-state index contributed by atoms with van der Waals surface area (Å²) in [4.78, 5) is 18.2. The molecule has 1 aliphatic carbocycles. The van der Waals surface area contributed by atoms with Crippen molar-refractivity contribution in [2.24, 2.45) is 10.7 Å². The molecule has 3 N–H and O–H groups in total. The lowest BCUT2D eigenvalue weighted by molar-refractivity contribution is -0.130. The van der Waals surface area contributed by atoms with E-state index in [9.17, 15) is 4.79 Å². The maximum absolute atomic E-state index is 12.2. The van der Waals surface area contributed by atoms with Gasteiger partial charge in [-0.15, -0.1) is 0 Å². The van der Waals surface area contributed by atoms with Gasteiger partial charge in [-0.25, -0.2) is 4.99 Å². The summed E-state index contributed by atoms with van der Waals surface area (Å²) in [6.45, 7) is 0.0714. The van der Waals surface area contributed by atoms with Crippen molar-refractivity contribution >= 4 is 17.6 Å². The molecular weight excluding hydrogens is 292 g/mol. The highest BCUT2D eigenvalue weighted by Gasteiger charge is 2.21. The molecule has 23 heavy (non-hydrogen) atoms. The molecular formula is C17H26N4O2. The summed E-state index contributed by atoms with van der Waals surface area (Å²) in [7, 11) is 3.48. The van der Waals surface area contributed by atoms with Crippen molar-refractivity contribution in [3.05, 3.63) is 24.3 Å². The van der Waals surface area contributed by atoms with Crippen molar-refractivity contribution in [1.29, 1.82) is 0 Å². The number of aliphatic imine (C=N–C) groups is 1. The summed E-state index contributed by atoms with van der Waals surface area (Å²) in [5.74, 6) is 1.02. The number of carbonyl (C=O) groups excluding carboxylic acids is 1. The molecule has 0 saturated heterocycles. The minimum atomic E-state index is 0.0105. The average Bonchev–Trinajstić information content (AvgIpc) is 2.60. The van der Waals surface area contributed by atoms with Crippen LogP contribution >= 0.6 is 0 Å². The highest BCUT2D eigenvalue weighted by molar-refractivity contribution is 5.93. The largest absolute Gasteiger partial charge is 0.497 e. The van der Waals surface area contributed by atoms with Crippen LogP contribution in [0.25, 0.3) is 0 Å². The Hall–Kier alpha value is -2.24. The first-order chi connectivity index (χ1) is 11.1. The normalized spacial score (nSPS) is 16.0. The molecule has 0 unspecified atom stereocenters. The molecule has 6 heteroatoms. The Balaban J connectivity index is 1.83. The van der Waals surface area contributed by atoms with Crippen LogP contribution in [0.15, 0.2) is 29.3 Å². The number of anilines is 1. The molecule has 1 amide bonds. The van der Waals surface area contributed by atoms with Crippen molar-refractivity contribution in [2.45, 2.75) is 38.1 Å². The van der Waals surface area contributed by atoms with Crippen molar-refractivity contribution < 1.29 is 9.53 Å². The van der Waals surface area contributed by atoms with E-state index in [0.717, 1.165) is 24.3 Å². The van der Waals surface area contributed by atoms with Gasteiger partial charge in [-0.2, -0.15) is 0 Å². The number of hydrogen-bond acceptors (Lipinski definition) is 3. The van der Waals surface area contributed by atoms with E-state index in [2.05, 4.69) is 10.3 Å². The Kier molecular flexibility index (Phi) is 6.26. The number of carbonyl (C=O) groups is 1. The zero-order valence-electron chi connectivity index (χ0n) is 13.9. The Morgan fingerprint density at radius 2 is 1.96 bits per heavy atom. The van der Waals surface area contributed by atoms with Gasteiger partial charge < -0.3 is 20.7 Å². The van der Waals surface area contributed by atoms with Gasteiger partial charge in [0.05, 0.1) is 7.11 Å². The van der Waals surface area contributed by atoms with Crippen LogP contribution in [-0.2, 0) is 4.79 Å². The number of rotatable bonds is 5. The number of nitrogens with one attached hydrogen (secondary N) is 1. The summed E-state index contributed by atoms with van der Waals surface area (Å²) < 4.78 is 5.10. The summed E-state index contributed by atoms with van der Waals surface area (Å²) >= 11 is 0. The minimum Gasteiger partial charge on any atom is -0.497 e.